The smallest absolute Gasteiger partial charge is 0.241 e. The van der Waals surface area contributed by atoms with Crippen LogP contribution >= 0.6 is 0 Å². The molecule has 0 bridgehead atoms. The molecule has 0 aromatic heterocycles. The molecule has 1 aromatic rings. The zero-order chi connectivity index (χ0) is 19.5. The molecule has 0 saturated carbocycles. The summed E-state index contributed by atoms with van der Waals surface area (Å²) < 4.78 is 27.4. The summed E-state index contributed by atoms with van der Waals surface area (Å²) in [5, 5.41) is 2.57. The topological polar surface area (TPSA) is 122 Å². The molecule has 1 fully saturated rings. The number of carbonyl (C=O) groups excluding carboxylic acids is 2. The highest BCUT2D eigenvalue weighted by molar-refractivity contribution is 7.89. The normalized spacial score (nSPS) is 21.5. The quantitative estimate of drug-likeness (QED) is 0.662. The van der Waals surface area contributed by atoms with Crippen molar-refractivity contribution in [2.24, 2.45) is 11.7 Å². The molecule has 144 valence electrons. The Hall–Kier alpha value is -1.97. The van der Waals surface area contributed by atoms with Gasteiger partial charge in [-0.2, -0.15) is 4.72 Å². The maximum atomic E-state index is 12.6. The third kappa shape index (κ3) is 4.80. The minimum Gasteiger partial charge on any atom is -0.338 e. The molecule has 3 atom stereocenters. The SMILES string of the molecule is CC(=O)Nc1ccc(S(=O)(=O)NC(C)C(=O)N2CC(CN)CC2C)cc1. The molecule has 9 heteroatoms. The summed E-state index contributed by atoms with van der Waals surface area (Å²) >= 11 is 0. The summed E-state index contributed by atoms with van der Waals surface area (Å²) in [6.45, 7) is 5.90. The van der Waals surface area contributed by atoms with Crippen LogP contribution in [0.3, 0.4) is 0 Å². The molecule has 3 unspecified atom stereocenters. The van der Waals surface area contributed by atoms with Crippen LogP contribution in [0.25, 0.3) is 0 Å². The van der Waals surface area contributed by atoms with Crippen LogP contribution in [0.2, 0.25) is 0 Å². The Morgan fingerprint density at radius 2 is 1.92 bits per heavy atom. The minimum atomic E-state index is -3.85. The minimum absolute atomic E-state index is 0.0283. The number of likely N-dealkylation sites (tertiary alicyclic amines) is 1. The van der Waals surface area contributed by atoms with Gasteiger partial charge in [-0.3, -0.25) is 9.59 Å². The van der Waals surface area contributed by atoms with Crippen LogP contribution in [0.15, 0.2) is 29.2 Å². The average Bonchev–Trinajstić information content (AvgIpc) is 2.94. The zero-order valence-corrected chi connectivity index (χ0v) is 16.0. The van der Waals surface area contributed by atoms with Crippen LogP contribution in [-0.2, 0) is 19.6 Å². The Kier molecular flexibility index (Phi) is 6.38. The number of nitrogens with one attached hydrogen (secondary N) is 2. The van der Waals surface area contributed by atoms with E-state index in [4.69, 9.17) is 5.73 Å². The lowest BCUT2D eigenvalue weighted by molar-refractivity contribution is -0.133. The number of nitrogens with zero attached hydrogens (tertiary/aromatic N) is 1. The van der Waals surface area contributed by atoms with Crippen molar-refractivity contribution in [3.63, 3.8) is 0 Å². The lowest BCUT2D eigenvalue weighted by Gasteiger charge is -2.25. The predicted octanol–water partition coefficient (Wildman–Crippen LogP) is 0.508. The molecule has 0 radical (unpaired) electrons. The van der Waals surface area contributed by atoms with Gasteiger partial charge in [-0.1, -0.05) is 0 Å². The lowest BCUT2D eigenvalue weighted by Crippen LogP contribution is -2.48. The van der Waals surface area contributed by atoms with E-state index in [0.29, 0.717) is 18.8 Å². The van der Waals surface area contributed by atoms with E-state index >= 15 is 0 Å². The molecule has 0 spiro atoms. The highest BCUT2D eigenvalue weighted by Crippen LogP contribution is 2.23. The summed E-state index contributed by atoms with van der Waals surface area (Å²) in [5.74, 6) is -0.251. The van der Waals surface area contributed by atoms with Gasteiger partial charge in [0.25, 0.3) is 0 Å². The largest absolute Gasteiger partial charge is 0.338 e. The molecular formula is C17H26N4O4S. The summed E-state index contributed by atoms with van der Waals surface area (Å²) in [6.07, 6.45) is 0.826. The maximum Gasteiger partial charge on any atom is 0.241 e. The number of amides is 2. The van der Waals surface area contributed by atoms with Crippen molar-refractivity contribution in [2.45, 2.75) is 44.2 Å². The first-order valence-corrected chi connectivity index (χ1v) is 10.0. The molecule has 26 heavy (non-hydrogen) atoms. The van der Waals surface area contributed by atoms with Gasteiger partial charge in [-0.25, -0.2) is 8.42 Å². The van der Waals surface area contributed by atoms with Gasteiger partial charge < -0.3 is 16.0 Å². The van der Waals surface area contributed by atoms with Crippen molar-refractivity contribution in [1.82, 2.24) is 9.62 Å². The van der Waals surface area contributed by atoms with Gasteiger partial charge in [-0.15, -0.1) is 0 Å². The van der Waals surface area contributed by atoms with E-state index in [0.717, 1.165) is 6.42 Å². The molecule has 1 aliphatic heterocycles. The Labute approximate surface area is 154 Å². The molecule has 2 rings (SSSR count). The van der Waals surface area contributed by atoms with Gasteiger partial charge in [0, 0.05) is 25.2 Å². The maximum absolute atomic E-state index is 12.6. The average molecular weight is 382 g/mol. The Morgan fingerprint density at radius 3 is 2.42 bits per heavy atom. The Bertz CT molecular complexity index is 763. The van der Waals surface area contributed by atoms with Crippen molar-refractivity contribution < 1.29 is 18.0 Å². The molecular weight excluding hydrogens is 356 g/mol. The number of sulfonamides is 1. The summed E-state index contributed by atoms with van der Waals surface area (Å²) in [5.41, 5.74) is 6.18. The van der Waals surface area contributed by atoms with Gasteiger partial charge in [-0.05, 0) is 57.0 Å². The fourth-order valence-electron chi connectivity index (χ4n) is 3.14. The molecule has 1 heterocycles. The number of anilines is 1. The summed E-state index contributed by atoms with van der Waals surface area (Å²) in [7, 11) is -3.85. The van der Waals surface area contributed by atoms with Crippen molar-refractivity contribution in [3.05, 3.63) is 24.3 Å². The van der Waals surface area contributed by atoms with E-state index in [-0.39, 0.29) is 28.7 Å². The van der Waals surface area contributed by atoms with Gasteiger partial charge in [0.2, 0.25) is 21.8 Å². The molecule has 8 nitrogen and oxygen atoms in total. The second kappa shape index (κ2) is 8.15. The molecule has 0 aliphatic carbocycles. The first kappa shape index (κ1) is 20.3. The molecule has 1 aromatic carbocycles. The number of benzene rings is 1. The van der Waals surface area contributed by atoms with Crippen LogP contribution in [0.1, 0.15) is 27.2 Å². The molecule has 1 saturated heterocycles. The van der Waals surface area contributed by atoms with E-state index in [1.54, 1.807) is 4.90 Å². The van der Waals surface area contributed by atoms with Crippen LogP contribution in [0.4, 0.5) is 5.69 Å². The monoisotopic (exact) mass is 382 g/mol. The number of rotatable bonds is 6. The van der Waals surface area contributed by atoms with Crippen LogP contribution < -0.4 is 15.8 Å². The fraction of sp³-hybridized carbons (Fsp3) is 0.529. The van der Waals surface area contributed by atoms with E-state index in [9.17, 15) is 18.0 Å². The highest BCUT2D eigenvalue weighted by atomic mass is 32.2. The van der Waals surface area contributed by atoms with E-state index in [1.807, 2.05) is 6.92 Å². The van der Waals surface area contributed by atoms with Gasteiger partial charge in [0.05, 0.1) is 10.9 Å². The third-order valence-corrected chi connectivity index (χ3v) is 6.02. The third-order valence-electron chi connectivity index (χ3n) is 4.47. The Balaban J connectivity index is 2.06. The first-order chi connectivity index (χ1) is 12.1. The summed E-state index contributed by atoms with van der Waals surface area (Å²) in [4.78, 5) is 25.3. The van der Waals surface area contributed by atoms with Gasteiger partial charge >= 0.3 is 0 Å². The zero-order valence-electron chi connectivity index (χ0n) is 15.2. The van der Waals surface area contributed by atoms with Crippen molar-refractivity contribution in [3.8, 4) is 0 Å². The van der Waals surface area contributed by atoms with Crippen molar-refractivity contribution in [2.75, 3.05) is 18.4 Å². The van der Waals surface area contributed by atoms with E-state index in [1.165, 1.54) is 38.1 Å². The van der Waals surface area contributed by atoms with Crippen LogP contribution in [0.5, 0.6) is 0 Å². The van der Waals surface area contributed by atoms with Crippen molar-refractivity contribution in [1.29, 1.82) is 0 Å². The van der Waals surface area contributed by atoms with Crippen LogP contribution in [-0.4, -0.2) is 50.3 Å². The standard InChI is InChI=1S/C17H26N4O4S/c1-11-8-14(9-18)10-21(11)17(23)12(2)20-26(24,25)16-6-4-15(5-7-16)19-13(3)22/h4-7,11-12,14,20H,8-10,18H2,1-3H3,(H,19,22). The molecule has 4 N–H and O–H groups in total. The lowest BCUT2D eigenvalue weighted by atomic mass is 10.1. The Morgan fingerprint density at radius 1 is 1.31 bits per heavy atom. The van der Waals surface area contributed by atoms with Crippen molar-refractivity contribution >= 4 is 27.5 Å². The number of carbonyl (C=O) groups is 2. The molecule has 2 amide bonds. The number of hydrogen-bond acceptors (Lipinski definition) is 5. The summed E-state index contributed by atoms with van der Waals surface area (Å²) in [6, 6.07) is 4.92. The second-order valence-corrected chi connectivity index (χ2v) is 8.44. The second-order valence-electron chi connectivity index (χ2n) is 6.73. The van der Waals surface area contributed by atoms with Crippen LogP contribution in [0, 0.1) is 5.92 Å². The number of hydrogen-bond donors (Lipinski definition) is 3. The van der Waals surface area contributed by atoms with E-state index < -0.39 is 16.1 Å². The van der Waals surface area contributed by atoms with E-state index in [2.05, 4.69) is 10.0 Å². The number of nitrogens with two attached hydrogens (primary N) is 1. The first-order valence-electron chi connectivity index (χ1n) is 8.54. The predicted molar refractivity (Wildman–Crippen MR) is 98.9 cm³/mol. The molecule has 1 aliphatic rings. The van der Waals surface area contributed by atoms with Gasteiger partial charge in [0.1, 0.15) is 0 Å². The highest BCUT2D eigenvalue weighted by Gasteiger charge is 2.35. The fourth-order valence-corrected chi connectivity index (χ4v) is 4.34. The van der Waals surface area contributed by atoms with Gasteiger partial charge in [0.15, 0.2) is 0 Å².